The van der Waals surface area contributed by atoms with Gasteiger partial charge in [0.2, 0.25) is 0 Å². The van der Waals surface area contributed by atoms with E-state index in [2.05, 4.69) is 27.0 Å². The molecule has 0 aromatic heterocycles. The summed E-state index contributed by atoms with van der Waals surface area (Å²) in [5.41, 5.74) is 0. The van der Waals surface area contributed by atoms with E-state index in [4.69, 9.17) is 18.1 Å². The molecule has 0 radical (unpaired) electrons. The Morgan fingerprint density at radius 3 is 0.882 bits per heavy atom. The average Bonchev–Trinajstić information content (AvgIpc) is 2.86. The van der Waals surface area contributed by atoms with E-state index in [0.717, 1.165) is 52.1 Å². The molecule has 4 nitrogen and oxygen atoms in total. The van der Waals surface area contributed by atoms with Crippen molar-refractivity contribution in [2.45, 2.75) is 129 Å². The molecule has 0 spiro atoms. The zero-order valence-corrected chi connectivity index (χ0v) is 24.4. The van der Waals surface area contributed by atoms with E-state index >= 15 is 0 Å². The van der Waals surface area contributed by atoms with Gasteiger partial charge >= 0.3 is 0 Å². The summed E-state index contributed by atoms with van der Waals surface area (Å²) in [4.78, 5) is 0. The van der Waals surface area contributed by atoms with Crippen molar-refractivity contribution in [3.63, 3.8) is 0 Å². The third kappa shape index (κ3) is 25.3. The minimum Gasteiger partial charge on any atom is -0.331 e. The molecule has 34 heavy (non-hydrogen) atoms. The lowest BCUT2D eigenvalue weighted by molar-refractivity contribution is 0.246. The van der Waals surface area contributed by atoms with E-state index in [0.29, 0.717) is 0 Å². The fraction of sp³-hybridized carbons (Fsp3) is 0.857. The third-order valence-corrected chi connectivity index (χ3v) is 8.05. The summed E-state index contributed by atoms with van der Waals surface area (Å²) >= 11 is 0. The van der Waals surface area contributed by atoms with Crippen LogP contribution in [0.3, 0.4) is 0 Å². The standard InChI is InChI=1S/C28H56O4P2/c1-5-9-21-25-29-33(7-3)31-27-23-19-17-15-13-11-12-14-16-18-20-24-28-32-34(8-4)30-26-22-10-6-2/h7-8H,3-6,9-28H2,1-2H3. The second-order valence-corrected chi connectivity index (χ2v) is 11.8. The highest BCUT2D eigenvalue weighted by Gasteiger charge is 2.06. The molecular formula is C28H56O4P2. The Bertz CT molecular complexity index is 385. The van der Waals surface area contributed by atoms with Crippen LogP contribution in [-0.2, 0) is 18.1 Å². The van der Waals surface area contributed by atoms with Crippen LogP contribution in [0.5, 0.6) is 0 Å². The van der Waals surface area contributed by atoms with Gasteiger partial charge in [-0.1, -0.05) is 117 Å². The predicted molar refractivity (Wildman–Crippen MR) is 152 cm³/mol. The van der Waals surface area contributed by atoms with Crippen molar-refractivity contribution >= 4 is 16.8 Å². The molecule has 0 aromatic carbocycles. The van der Waals surface area contributed by atoms with Crippen molar-refractivity contribution in [1.82, 2.24) is 0 Å². The topological polar surface area (TPSA) is 36.9 Å². The van der Waals surface area contributed by atoms with E-state index in [9.17, 15) is 0 Å². The van der Waals surface area contributed by atoms with Crippen LogP contribution in [-0.4, -0.2) is 26.4 Å². The van der Waals surface area contributed by atoms with Crippen LogP contribution >= 0.6 is 16.8 Å². The average molecular weight is 519 g/mol. The summed E-state index contributed by atoms with van der Waals surface area (Å²) in [6, 6.07) is 0. The van der Waals surface area contributed by atoms with E-state index in [1.54, 1.807) is 0 Å². The Morgan fingerprint density at radius 1 is 0.412 bits per heavy atom. The number of hydrogen-bond acceptors (Lipinski definition) is 4. The molecule has 0 aromatic rings. The summed E-state index contributed by atoms with van der Waals surface area (Å²) in [6.07, 6.45) is 22.8. The highest BCUT2D eigenvalue weighted by Crippen LogP contribution is 2.40. The van der Waals surface area contributed by atoms with Crippen LogP contribution in [0, 0.1) is 0 Å². The molecule has 0 saturated carbocycles. The van der Waals surface area contributed by atoms with E-state index in [1.807, 2.05) is 11.6 Å². The summed E-state index contributed by atoms with van der Waals surface area (Å²) in [5.74, 6) is 3.67. The lowest BCUT2D eigenvalue weighted by atomic mass is 10.1. The zero-order chi connectivity index (χ0) is 25.0. The Labute approximate surface area is 215 Å². The number of hydrogen-bond donors (Lipinski definition) is 0. The number of unbranched alkanes of at least 4 members (excludes halogenated alkanes) is 15. The van der Waals surface area contributed by atoms with Crippen molar-refractivity contribution in [1.29, 1.82) is 0 Å². The smallest absolute Gasteiger partial charge is 0.196 e. The van der Waals surface area contributed by atoms with Crippen molar-refractivity contribution in [3.8, 4) is 0 Å². The molecule has 0 fully saturated rings. The van der Waals surface area contributed by atoms with Crippen molar-refractivity contribution in [3.05, 3.63) is 24.8 Å². The lowest BCUT2D eigenvalue weighted by Crippen LogP contribution is -1.94. The molecule has 6 heteroatoms. The van der Waals surface area contributed by atoms with Crippen LogP contribution in [0.2, 0.25) is 0 Å². The van der Waals surface area contributed by atoms with Gasteiger partial charge in [-0.15, -0.1) is 0 Å². The van der Waals surface area contributed by atoms with Crippen molar-refractivity contribution in [2.75, 3.05) is 26.4 Å². The van der Waals surface area contributed by atoms with Gasteiger partial charge in [-0.25, -0.2) is 0 Å². The molecule has 0 amide bonds. The Kier molecular flexibility index (Phi) is 29.6. The molecule has 2 atom stereocenters. The fourth-order valence-corrected chi connectivity index (χ4v) is 5.39. The van der Waals surface area contributed by atoms with Crippen LogP contribution in [0.4, 0.5) is 0 Å². The van der Waals surface area contributed by atoms with E-state index in [-0.39, 0.29) is 0 Å². The van der Waals surface area contributed by atoms with Crippen LogP contribution in [0.1, 0.15) is 129 Å². The van der Waals surface area contributed by atoms with Crippen molar-refractivity contribution < 1.29 is 18.1 Å². The van der Waals surface area contributed by atoms with Gasteiger partial charge in [-0.3, -0.25) is 0 Å². The van der Waals surface area contributed by atoms with Gasteiger partial charge in [0.25, 0.3) is 0 Å². The van der Waals surface area contributed by atoms with Gasteiger partial charge < -0.3 is 18.1 Å². The lowest BCUT2D eigenvalue weighted by Gasteiger charge is -2.13. The highest BCUT2D eigenvalue weighted by molar-refractivity contribution is 7.50. The van der Waals surface area contributed by atoms with Gasteiger partial charge in [-0.2, -0.15) is 0 Å². The summed E-state index contributed by atoms with van der Waals surface area (Å²) in [5, 5.41) is 0. The normalized spacial score (nSPS) is 13.1. The second kappa shape index (κ2) is 29.4. The largest absolute Gasteiger partial charge is 0.331 e. The van der Waals surface area contributed by atoms with Gasteiger partial charge in [0.15, 0.2) is 16.8 Å². The maximum atomic E-state index is 5.83. The third-order valence-electron chi connectivity index (χ3n) is 5.71. The maximum absolute atomic E-state index is 5.83. The molecule has 0 aliphatic rings. The molecule has 0 rings (SSSR count). The molecule has 0 aliphatic carbocycles. The SMILES string of the molecule is C=CP(OCCCCC)OCCCCCCCCCCCCCCOP(C=C)OCCCCC. The Balaban J connectivity index is 3.30. The summed E-state index contributed by atoms with van der Waals surface area (Å²) in [7, 11) is -1.75. The first kappa shape index (κ1) is 34.2. The maximum Gasteiger partial charge on any atom is 0.196 e. The van der Waals surface area contributed by atoms with Gasteiger partial charge in [0.05, 0.1) is 26.4 Å². The Hall–Kier alpha value is 0.180. The molecular weight excluding hydrogens is 462 g/mol. The van der Waals surface area contributed by atoms with Crippen molar-refractivity contribution in [2.24, 2.45) is 0 Å². The summed E-state index contributed by atoms with van der Waals surface area (Å²) < 4.78 is 23.2. The summed E-state index contributed by atoms with van der Waals surface area (Å²) in [6.45, 7) is 15.3. The van der Waals surface area contributed by atoms with E-state index in [1.165, 1.54) is 89.9 Å². The highest BCUT2D eigenvalue weighted by atomic mass is 31.2. The predicted octanol–water partition coefficient (Wildman–Crippen LogP) is 11.0. The molecule has 202 valence electrons. The van der Waals surface area contributed by atoms with Gasteiger partial charge in [0.1, 0.15) is 0 Å². The second-order valence-electron chi connectivity index (χ2n) is 8.93. The first-order valence-electron chi connectivity index (χ1n) is 14.1. The molecule has 0 N–H and O–H groups in total. The molecule has 0 bridgehead atoms. The Morgan fingerprint density at radius 2 is 0.647 bits per heavy atom. The van der Waals surface area contributed by atoms with Gasteiger partial charge in [-0.05, 0) is 37.3 Å². The fourth-order valence-electron chi connectivity index (χ4n) is 3.58. The minimum atomic E-state index is -0.876. The first-order valence-corrected chi connectivity index (χ1v) is 16.6. The number of rotatable bonds is 29. The van der Waals surface area contributed by atoms with Crippen LogP contribution in [0.15, 0.2) is 24.8 Å². The van der Waals surface area contributed by atoms with Crippen LogP contribution < -0.4 is 0 Å². The first-order chi connectivity index (χ1) is 16.8. The quantitative estimate of drug-likeness (QED) is 0.0729. The monoisotopic (exact) mass is 518 g/mol. The molecule has 0 heterocycles. The molecule has 0 aliphatic heterocycles. The zero-order valence-electron chi connectivity index (χ0n) is 22.7. The molecule has 0 saturated heterocycles. The molecule has 2 unspecified atom stereocenters. The minimum absolute atomic E-state index is 0.797. The van der Waals surface area contributed by atoms with E-state index < -0.39 is 16.8 Å². The van der Waals surface area contributed by atoms with Crippen LogP contribution in [0.25, 0.3) is 0 Å². The van der Waals surface area contributed by atoms with Gasteiger partial charge in [0, 0.05) is 0 Å².